The maximum absolute atomic E-state index is 10.9. The van der Waals surface area contributed by atoms with Crippen molar-refractivity contribution in [2.75, 3.05) is 12.0 Å². The minimum Gasteiger partial charge on any atom is -0.495 e. The molecule has 0 spiro atoms. The van der Waals surface area contributed by atoms with Crippen molar-refractivity contribution in [2.45, 2.75) is 13.0 Å². The predicted molar refractivity (Wildman–Crippen MR) is 61.4 cm³/mol. The van der Waals surface area contributed by atoms with Crippen LogP contribution in [0, 0.1) is 12.5 Å². The van der Waals surface area contributed by atoms with Crippen LogP contribution >= 0.6 is 0 Å². The van der Waals surface area contributed by atoms with Gasteiger partial charge in [0.2, 0.25) is 0 Å². The number of nitrogens with zero attached hydrogens (tertiary/aromatic N) is 1. The molecule has 0 heterocycles. The maximum Gasteiger partial charge on any atom is 0.327 e. The van der Waals surface area contributed by atoms with E-state index >= 15 is 0 Å². The fraction of sp³-hybridized carbons (Fsp3) is 0.250. The number of methoxy groups -OCH3 is 1. The number of rotatable bonds is 4. The second-order valence-electron chi connectivity index (χ2n) is 3.19. The highest BCUT2D eigenvalue weighted by atomic mass is 16.5. The maximum atomic E-state index is 10.9. The number of para-hydroxylation sites is 2. The third kappa shape index (κ3) is 2.26. The largest absolute Gasteiger partial charge is 0.495 e. The zero-order valence-electron chi connectivity index (χ0n) is 9.18. The third-order valence-electron chi connectivity index (χ3n) is 2.23. The molecule has 0 radical (unpaired) electrons. The quantitative estimate of drug-likeness (QED) is 0.616. The van der Waals surface area contributed by atoms with Gasteiger partial charge in [0, 0.05) is 6.04 Å². The normalized spacial score (nSPS) is 11.3. The van der Waals surface area contributed by atoms with E-state index in [1.54, 1.807) is 24.3 Å². The molecular weight excluding hydrogens is 206 g/mol. The number of carbonyl (C=O) groups is 1. The minimum atomic E-state index is -0.983. The van der Waals surface area contributed by atoms with E-state index in [2.05, 4.69) is 6.04 Å². The fourth-order valence-corrected chi connectivity index (χ4v) is 1.33. The average molecular weight is 219 g/mol. The molecule has 0 aromatic heterocycles. The monoisotopic (exact) mass is 219 g/mol. The van der Waals surface area contributed by atoms with E-state index in [9.17, 15) is 4.79 Å². The molecule has 1 aromatic rings. The molecule has 1 N–H and O–H groups in total. The van der Waals surface area contributed by atoms with Crippen LogP contribution in [0.2, 0.25) is 0 Å². The average Bonchev–Trinajstić information content (AvgIpc) is 2.30. The molecule has 4 nitrogen and oxygen atoms in total. The van der Waals surface area contributed by atoms with Crippen molar-refractivity contribution in [3.63, 3.8) is 0 Å². The Labute approximate surface area is 94.4 Å². The molecule has 0 aliphatic carbocycles. The lowest BCUT2D eigenvalue weighted by atomic mass is 10.2. The number of carboxylic acids is 1. The Hall–Kier alpha value is -2.15. The molecule has 1 atom stereocenters. The summed E-state index contributed by atoms with van der Waals surface area (Å²) in [5.74, 6) is -0.433. The van der Waals surface area contributed by atoms with Crippen molar-refractivity contribution < 1.29 is 14.6 Å². The molecule has 0 aliphatic rings. The number of ether oxygens (including phenoxy) is 1. The van der Waals surface area contributed by atoms with Crippen LogP contribution in [0.25, 0.3) is 0 Å². The van der Waals surface area contributed by atoms with Gasteiger partial charge in [-0.15, -0.1) is 0 Å². The Balaban J connectivity index is 3.14. The van der Waals surface area contributed by atoms with Crippen molar-refractivity contribution in [3.8, 4) is 18.2 Å². The summed E-state index contributed by atoms with van der Waals surface area (Å²) in [7, 11) is 1.51. The summed E-state index contributed by atoms with van der Waals surface area (Å²) in [5.41, 5.74) is 0.572. The first-order valence-electron chi connectivity index (χ1n) is 4.73. The summed E-state index contributed by atoms with van der Waals surface area (Å²) in [4.78, 5) is 12.2. The van der Waals surface area contributed by atoms with Crippen molar-refractivity contribution in [2.24, 2.45) is 0 Å². The van der Waals surface area contributed by atoms with Gasteiger partial charge in [0.1, 0.15) is 11.8 Å². The number of hydrogen-bond acceptors (Lipinski definition) is 3. The highest BCUT2D eigenvalue weighted by Crippen LogP contribution is 2.28. The summed E-state index contributed by atoms with van der Waals surface area (Å²) in [6.45, 7) is 1.52. The number of benzene rings is 1. The summed E-state index contributed by atoms with van der Waals surface area (Å²) in [5, 5.41) is 8.93. The number of anilines is 1. The Morgan fingerprint density at radius 2 is 2.19 bits per heavy atom. The van der Waals surface area contributed by atoms with Gasteiger partial charge in [0.25, 0.3) is 0 Å². The summed E-state index contributed by atoms with van der Waals surface area (Å²) in [6, 6.07) is 8.56. The second kappa shape index (κ2) is 5.08. The predicted octanol–water partition coefficient (Wildman–Crippen LogP) is 1.57. The molecule has 0 unspecified atom stereocenters. The van der Waals surface area contributed by atoms with E-state index in [4.69, 9.17) is 16.3 Å². The highest BCUT2D eigenvalue weighted by Gasteiger charge is 2.21. The number of hydrogen-bond donors (Lipinski definition) is 1. The second-order valence-corrected chi connectivity index (χ2v) is 3.19. The van der Waals surface area contributed by atoms with E-state index in [1.165, 1.54) is 18.9 Å². The molecule has 0 saturated heterocycles. The van der Waals surface area contributed by atoms with Gasteiger partial charge in [0.05, 0.1) is 12.8 Å². The molecule has 0 aliphatic heterocycles. The lowest BCUT2D eigenvalue weighted by Crippen LogP contribution is -2.35. The highest BCUT2D eigenvalue weighted by molar-refractivity contribution is 5.80. The first kappa shape index (κ1) is 11.9. The van der Waals surface area contributed by atoms with Gasteiger partial charge in [-0.3, -0.25) is 4.90 Å². The van der Waals surface area contributed by atoms with Crippen LogP contribution in [0.15, 0.2) is 24.3 Å². The van der Waals surface area contributed by atoms with E-state index in [0.29, 0.717) is 11.4 Å². The Morgan fingerprint density at radius 1 is 1.56 bits per heavy atom. The van der Waals surface area contributed by atoms with E-state index in [0.717, 1.165) is 0 Å². The van der Waals surface area contributed by atoms with Gasteiger partial charge in [-0.1, -0.05) is 18.6 Å². The summed E-state index contributed by atoms with van der Waals surface area (Å²) >= 11 is 0. The summed E-state index contributed by atoms with van der Waals surface area (Å²) < 4.78 is 5.13. The summed E-state index contributed by atoms with van der Waals surface area (Å²) in [6.07, 6.45) is 5.32. The van der Waals surface area contributed by atoms with Crippen LogP contribution in [-0.2, 0) is 4.79 Å². The number of carboxylic acid groups (broad SMARTS) is 1. The van der Waals surface area contributed by atoms with Crippen LogP contribution < -0.4 is 9.64 Å². The van der Waals surface area contributed by atoms with Crippen molar-refractivity contribution in [1.29, 1.82) is 0 Å². The first-order chi connectivity index (χ1) is 7.61. The Morgan fingerprint density at radius 3 is 2.69 bits per heavy atom. The van der Waals surface area contributed by atoms with Gasteiger partial charge in [-0.25, -0.2) is 4.79 Å². The molecule has 1 rings (SSSR count). The number of terminal acetylenes is 1. The lowest BCUT2D eigenvalue weighted by Gasteiger charge is -2.23. The molecule has 16 heavy (non-hydrogen) atoms. The fourth-order valence-electron chi connectivity index (χ4n) is 1.33. The standard InChI is InChI=1S/C12H13NO3/c1-4-13(9(2)12(14)15)10-7-5-6-8-11(10)16-3/h1,5-9H,2-3H3,(H,14,15)/t9-/m0/s1. The minimum absolute atomic E-state index is 0.550. The van der Waals surface area contributed by atoms with E-state index in [-0.39, 0.29) is 0 Å². The van der Waals surface area contributed by atoms with Crippen LogP contribution in [0.4, 0.5) is 5.69 Å². The first-order valence-corrected chi connectivity index (χ1v) is 4.73. The van der Waals surface area contributed by atoms with Gasteiger partial charge < -0.3 is 9.84 Å². The van der Waals surface area contributed by atoms with E-state index in [1.807, 2.05) is 0 Å². The molecule has 0 fully saturated rings. The lowest BCUT2D eigenvalue weighted by molar-refractivity contribution is -0.137. The van der Waals surface area contributed by atoms with Crippen molar-refractivity contribution in [3.05, 3.63) is 24.3 Å². The molecule has 1 aromatic carbocycles. The topological polar surface area (TPSA) is 49.8 Å². The molecule has 84 valence electrons. The van der Waals surface area contributed by atoms with Gasteiger partial charge in [0.15, 0.2) is 0 Å². The zero-order valence-corrected chi connectivity index (χ0v) is 9.18. The smallest absolute Gasteiger partial charge is 0.327 e. The van der Waals surface area contributed by atoms with Crippen LogP contribution in [0.5, 0.6) is 5.75 Å². The Kier molecular flexibility index (Phi) is 3.78. The van der Waals surface area contributed by atoms with Gasteiger partial charge >= 0.3 is 5.97 Å². The van der Waals surface area contributed by atoms with Crippen LogP contribution in [0.3, 0.4) is 0 Å². The number of aliphatic carboxylic acids is 1. The zero-order chi connectivity index (χ0) is 12.1. The third-order valence-corrected chi connectivity index (χ3v) is 2.23. The molecule has 0 amide bonds. The molecule has 4 heteroatoms. The SMILES string of the molecule is C#CN(c1ccccc1OC)[C@@H](C)C(=O)O. The van der Waals surface area contributed by atoms with Gasteiger partial charge in [-0.05, 0) is 19.1 Å². The van der Waals surface area contributed by atoms with Crippen LogP contribution in [-0.4, -0.2) is 24.2 Å². The molecule has 0 bridgehead atoms. The molecular formula is C12H13NO3. The van der Waals surface area contributed by atoms with Crippen molar-refractivity contribution >= 4 is 11.7 Å². The Bertz CT molecular complexity index is 423. The van der Waals surface area contributed by atoms with Crippen LogP contribution in [0.1, 0.15) is 6.92 Å². The van der Waals surface area contributed by atoms with Gasteiger partial charge in [-0.2, -0.15) is 0 Å². The molecule has 0 saturated carbocycles. The van der Waals surface area contributed by atoms with E-state index < -0.39 is 12.0 Å². The van der Waals surface area contributed by atoms with Crippen molar-refractivity contribution in [1.82, 2.24) is 0 Å².